The van der Waals surface area contributed by atoms with Gasteiger partial charge in [0.15, 0.2) is 0 Å². The van der Waals surface area contributed by atoms with Crippen molar-refractivity contribution < 1.29 is 9.59 Å². The second kappa shape index (κ2) is 6.79. The summed E-state index contributed by atoms with van der Waals surface area (Å²) in [5, 5.41) is 13.0. The molecular weight excluding hydrogens is 348 g/mol. The van der Waals surface area contributed by atoms with Gasteiger partial charge in [-0.15, -0.1) is 10.2 Å². The van der Waals surface area contributed by atoms with Gasteiger partial charge in [-0.2, -0.15) is 0 Å². The van der Waals surface area contributed by atoms with Crippen LogP contribution < -0.4 is 10.2 Å². The van der Waals surface area contributed by atoms with E-state index < -0.39 is 0 Å². The molecule has 1 N–H and O–H groups in total. The molecule has 1 aliphatic heterocycles. The highest BCUT2D eigenvalue weighted by molar-refractivity contribution is 7.15. The SMILES string of the molecule is CC1(NC(=O)C2CC(=O)N(c3nnc(Cc4ccccc4)s3)C2)CCC1. The largest absolute Gasteiger partial charge is 0.351 e. The molecule has 7 heteroatoms. The topological polar surface area (TPSA) is 75.2 Å². The lowest BCUT2D eigenvalue weighted by atomic mass is 9.78. The number of carbonyl (C=O) groups is 2. The zero-order chi connectivity index (χ0) is 18.1. The van der Waals surface area contributed by atoms with Gasteiger partial charge in [-0.05, 0) is 31.7 Å². The highest BCUT2D eigenvalue weighted by atomic mass is 32.1. The first-order valence-corrected chi connectivity index (χ1v) is 9.83. The second-order valence-electron chi connectivity index (χ2n) is 7.45. The number of anilines is 1. The van der Waals surface area contributed by atoms with E-state index in [1.165, 1.54) is 11.3 Å². The third-order valence-electron chi connectivity index (χ3n) is 5.26. The number of hydrogen-bond acceptors (Lipinski definition) is 5. The fourth-order valence-corrected chi connectivity index (χ4v) is 4.39. The highest BCUT2D eigenvalue weighted by Crippen LogP contribution is 2.33. The van der Waals surface area contributed by atoms with E-state index in [-0.39, 0.29) is 29.7 Å². The first kappa shape index (κ1) is 17.1. The quantitative estimate of drug-likeness (QED) is 0.878. The summed E-state index contributed by atoms with van der Waals surface area (Å²) in [6.07, 6.45) is 4.13. The Hall–Kier alpha value is -2.28. The van der Waals surface area contributed by atoms with E-state index in [2.05, 4.69) is 22.4 Å². The van der Waals surface area contributed by atoms with Gasteiger partial charge in [-0.1, -0.05) is 41.7 Å². The Kier molecular flexibility index (Phi) is 4.48. The number of carbonyl (C=O) groups excluding carboxylic acids is 2. The van der Waals surface area contributed by atoms with Crippen molar-refractivity contribution >= 4 is 28.3 Å². The van der Waals surface area contributed by atoms with Gasteiger partial charge in [0.2, 0.25) is 16.9 Å². The number of amides is 2. The lowest BCUT2D eigenvalue weighted by Crippen LogP contribution is -2.53. The highest BCUT2D eigenvalue weighted by Gasteiger charge is 2.40. The van der Waals surface area contributed by atoms with E-state index in [1.54, 1.807) is 4.90 Å². The lowest BCUT2D eigenvalue weighted by molar-refractivity contribution is -0.128. The molecule has 1 aliphatic carbocycles. The van der Waals surface area contributed by atoms with Gasteiger partial charge in [-0.25, -0.2) is 0 Å². The van der Waals surface area contributed by atoms with Gasteiger partial charge in [0.25, 0.3) is 0 Å². The molecule has 4 rings (SSSR count). The Balaban J connectivity index is 1.40. The number of benzene rings is 1. The zero-order valence-corrected chi connectivity index (χ0v) is 15.6. The maximum Gasteiger partial charge on any atom is 0.229 e. The van der Waals surface area contributed by atoms with Crippen LogP contribution in [0.15, 0.2) is 30.3 Å². The smallest absolute Gasteiger partial charge is 0.229 e. The molecular formula is C19H22N4O2S. The molecule has 1 aromatic heterocycles. The van der Waals surface area contributed by atoms with Crippen LogP contribution in [-0.4, -0.2) is 34.1 Å². The molecule has 2 amide bonds. The summed E-state index contributed by atoms with van der Waals surface area (Å²) < 4.78 is 0. The van der Waals surface area contributed by atoms with E-state index in [1.807, 2.05) is 30.3 Å². The Bertz CT molecular complexity index is 816. The Labute approximate surface area is 156 Å². The summed E-state index contributed by atoms with van der Waals surface area (Å²) in [4.78, 5) is 26.5. The van der Waals surface area contributed by atoms with Crippen molar-refractivity contribution in [2.24, 2.45) is 5.92 Å². The van der Waals surface area contributed by atoms with Crippen LogP contribution in [-0.2, 0) is 16.0 Å². The van der Waals surface area contributed by atoms with E-state index in [0.29, 0.717) is 18.1 Å². The van der Waals surface area contributed by atoms with Gasteiger partial charge in [-0.3, -0.25) is 14.5 Å². The molecule has 0 radical (unpaired) electrons. The monoisotopic (exact) mass is 370 g/mol. The molecule has 2 aromatic rings. The van der Waals surface area contributed by atoms with E-state index in [4.69, 9.17) is 0 Å². The van der Waals surface area contributed by atoms with E-state index in [0.717, 1.165) is 29.8 Å². The fraction of sp³-hybridized carbons (Fsp3) is 0.474. The molecule has 1 atom stereocenters. The van der Waals surface area contributed by atoms with E-state index >= 15 is 0 Å². The van der Waals surface area contributed by atoms with Crippen molar-refractivity contribution in [2.45, 2.75) is 44.6 Å². The predicted molar refractivity (Wildman–Crippen MR) is 100 cm³/mol. The fourth-order valence-electron chi connectivity index (χ4n) is 3.50. The zero-order valence-electron chi connectivity index (χ0n) is 14.8. The number of hydrogen-bond donors (Lipinski definition) is 1. The summed E-state index contributed by atoms with van der Waals surface area (Å²) in [7, 11) is 0. The molecule has 2 heterocycles. The van der Waals surface area contributed by atoms with Crippen molar-refractivity contribution in [3.63, 3.8) is 0 Å². The normalized spacial score (nSPS) is 21.5. The number of aromatic nitrogens is 2. The number of nitrogens with zero attached hydrogens (tertiary/aromatic N) is 3. The third kappa shape index (κ3) is 3.49. The average molecular weight is 370 g/mol. The van der Waals surface area contributed by atoms with Crippen LogP contribution in [0.1, 0.15) is 43.2 Å². The van der Waals surface area contributed by atoms with Gasteiger partial charge in [0.05, 0.1) is 5.92 Å². The van der Waals surface area contributed by atoms with Gasteiger partial charge >= 0.3 is 0 Å². The first-order valence-electron chi connectivity index (χ1n) is 9.01. The van der Waals surface area contributed by atoms with Crippen molar-refractivity contribution in [1.82, 2.24) is 15.5 Å². The minimum Gasteiger partial charge on any atom is -0.351 e. The number of nitrogens with one attached hydrogen (secondary N) is 1. The Morgan fingerprint density at radius 3 is 2.77 bits per heavy atom. The predicted octanol–water partition coefficient (Wildman–Crippen LogP) is 2.54. The lowest BCUT2D eigenvalue weighted by Gasteiger charge is -2.39. The molecule has 0 spiro atoms. The summed E-state index contributed by atoms with van der Waals surface area (Å²) in [5.41, 5.74) is 1.08. The summed E-state index contributed by atoms with van der Waals surface area (Å²) in [5.74, 6) is -0.371. The molecule has 1 saturated heterocycles. The van der Waals surface area contributed by atoms with E-state index in [9.17, 15) is 9.59 Å². The molecule has 1 unspecified atom stereocenters. The van der Waals surface area contributed by atoms with Gasteiger partial charge in [0.1, 0.15) is 5.01 Å². The van der Waals surface area contributed by atoms with Gasteiger partial charge in [0, 0.05) is 24.9 Å². The molecule has 2 aliphatic rings. The maximum absolute atomic E-state index is 12.5. The van der Waals surface area contributed by atoms with Crippen molar-refractivity contribution in [1.29, 1.82) is 0 Å². The Morgan fingerprint density at radius 2 is 2.08 bits per heavy atom. The first-order chi connectivity index (χ1) is 12.5. The van der Waals surface area contributed by atoms with Crippen molar-refractivity contribution in [3.05, 3.63) is 40.9 Å². The molecule has 2 fully saturated rings. The molecule has 1 saturated carbocycles. The average Bonchev–Trinajstić information content (AvgIpc) is 3.21. The standard InChI is InChI=1S/C19H22N4O2S/c1-19(8-5-9-19)20-17(25)14-11-16(24)23(12-14)18-22-21-15(26-18)10-13-6-3-2-4-7-13/h2-4,6-7,14H,5,8-12H2,1H3,(H,20,25). The van der Waals surface area contributed by atoms with Crippen LogP contribution >= 0.6 is 11.3 Å². The van der Waals surface area contributed by atoms with Crippen molar-refractivity contribution in [3.8, 4) is 0 Å². The summed E-state index contributed by atoms with van der Waals surface area (Å²) >= 11 is 1.42. The van der Waals surface area contributed by atoms with Gasteiger partial charge < -0.3 is 5.32 Å². The van der Waals surface area contributed by atoms with Crippen LogP contribution in [0.5, 0.6) is 0 Å². The van der Waals surface area contributed by atoms with Crippen molar-refractivity contribution in [2.75, 3.05) is 11.4 Å². The van der Waals surface area contributed by atoms with Crippen LogP contribution in [0.4, 0.5) is 5.13 Å². The molecule has 26 heavy (non-hydrogen) atoms. The van der Waals surface area contributed by atoms with Crippen LogP contribution in [0, 0.1) is 5.92 Å². The van der Waals surface area contributed by atoms with Crippen LogP contribution in [0.2, 0.25) is 0 Å². The molecule has 136 valence electrons. The minimum absolute atomic E-state index is 0.0166. The maximum atomic E-state index is 12.5. The minimum atomic E-state index is -0.304. The molecule has 1 aromatic carbocycles. The van der Waals surface area contributed by atoms with Crippen LogP contribution in [0.25, 0.3) is 0 Å². The Morgan fingerprint density at radius 1 is 1.31 bits per heavy atom. The number of rotatable bonds is 5. The molecule has 0 bridgehead atoms. The third-order valence-corrected chi connectivity index (χ3v) is 6.21. The summed E-state index contributed by atoms with van der Waals surface area (Å²) in [6.45, 7) is 2.46. The molecule has 6 nitrogen and oxygen atoms in total. The summed E-state index contributed by atoms with van der Waals surface area (Å²) in [6, 6.07) is 10.1. The van der Waals surface area contributed by atoms with Crippen LogP contribution in [0.3, 0.4) is 0 Å². The second-order valence-corrected chi connectivity index (χ2v) is 8.49.